The lowest BCUT2D eigenvalue weighted by atomic mass is 10.1. The number of carbonyl (C=O) groups excluding carboxylic acids is 1. The number of nitrogens with zero attached hydrogens (tertiary/aromatic N) is 2. The molecule has 1 aromatic heterocycles. The topological polar surface area (TPSA) is 58.4 Å². The van der Waals surface area contributed by atoms with Crippen molar-refractivity contribution >= 4 is 17.5 Å². The molecule has 1 heterocycles. The largest absolute Gasteiger partial charge is 0.441 e. The lowest BCUT2D eigenvalue weighted by molar-refractivity contribution is -0.121. The van der Waals surface area contributed by atoms with Crippen LogP contribution >= 0.6 is 11.6 Å². The van der Waals surface area contributed by atoms with Crippen molar-refractivity contribution in [2.24, 2.45) is 0 Å². The van der Waals surface area contributed by atoms with Crippen LogP contribution in [0.15, 0.2) is 59.1 Å². The van der Waals surface area contributed by atoms with Crippen molar-refractivity contribution in [3.8, 4) is 11.3 Å². The number of carbonyl (C=O) groups is 1. The van der Waals surface area contributed by atoms with Crippen molar-refractivity contribution in [1.29, 1.82) is 0 Å². The molecule has 3 rings (SSSR count). The van der Waals surface area contributed by atoms with E-state index in [4.69, 9.17) is 16.0 Å². The van der Waals surface area contributed by atoms with E-state index in [1.165, 1.54) is 5.56 Å². The van der Waals surface area contributed by atoms with E-state index in [0.717, 1.165) is 30.8 Å². The second kappa shape index (κ2) is 11.0. The van der Waals surface area contributed by atoms with Gasteiger partial charge >= 0.3 is 0 Å². The molecule has 1 amide bonds. The fraction of sp³-hybridized carbons (Fsp3) is 0.333. The summed E-state index contributed by atoms with van der Waals surface area (Å²) in [4.78, 5) is 18.8. The predicted molar refractivity (Wildman–Crippen MR) is 120 cm³/mol. The van der Waals surface area contributed by atoms with Crippen LogP contribution in [0.3, 0.4) is 0 Å². The monoisotopic (exact) mass is 425 g/mol. The Morgan fingerprint density at radius 3 is 2.37 bits per heavy atom. The van der Waals surface area contributed by atoms with Crippen molar-refractivity contribution in [3.63, 3.8) is 0 Å². The van der Waals surface area contributed by atoms with Crippen LogP contribution in [-0.4, -0.2) is 28.9 Å². The van der Waals surface area contributed by atoms with Gasteiger partial charge in [-0.3, -0.25) is 9.69 Å². The van der Waals surface area contributed by atoms with E-state index in [1.807, 2.05) is 24.3 Å². The first kappa shape index (κ1) is 22.1. The molecule has 0 radical (unpaired) electrons. The number of rotatable bonds is 10. The molecule has 0 atom stereocenters. The molecule has 0 unspecified atom stereocenters. The Kier molecular flexibility index (Phi) is 8.05. The molecule has 2 aromatic carbocycles. The van der Waals surface area contributed by atoms with Gasteiger partial charge in [-0.1, -0.05) is 49.7 Å². The molecule has 0 bridgehead atoms. The first-order valence-corrected chi connectivity index (χ1v) is 10.7. The van der Waals surface area contributed by atoms with Crippen LogP contribution in [0.4, 0.5) is 0 Å². The first-order chi connectivity index (χ1) is 14.6. The minimum atomic E-state index is -0.0199. The molecule has 6 heteroatoms. The molecule has 1 N–H and O–H groups in total. The Morgan fingerprint density at radius 1 is 1.03 bits per heavy atom. The molecular formula is C24H28ClN3O2. The minimum Gasteiger partial charge on any atom is -0.441 e. The molecule has 0 saturated heterocycles. The fourth-order valence-corrected chi connectivity index (χ4v) is 3.28. The van der Waals surface area contributed by atoms with Crippen LogP contribution in [-0.2, 0) is 24.3 Å². The minimum absolute atomic E-state index is 0.0199. The lowest BCUT2D eigenvalue weighted by Gasteiger charge is -2.18. The van der Waals surface area contributed by atoms with Gasteiger partial charge in [0.1, 0.15) is 0 Å². The molecule has 0 fully saturated rings. The molecule has 30 heavy (non-hydrogen) atoms. The summed E-state index contributed by atoms with van der Waals surface area (Å²) >= 11 is 5.91. The molecule has 5 nitrogen and oxygen atoms in total. The van der Waals surface area contributed by atoms with E-state index in [0.29, 0.717) is 36.1 Å². The normalized spacial score (nSPS) is 11.1. The Hall–Kier alpha value is -2.63. The van der Waals surface area contributed by atoms with E-state index in [-0.39, 0.29) is 5.91 Å². The van der Waals surface area contributed by atoms with Crippen molar-refractivity contribution in [2.45, 2.75) is 39.8 Å². The van der Waals surface area contributed by atoms with E-state index in [1.54, 1.807) is 6.20 Å². The van der Waals surface area contributed by atoms with E-state index < -0.39 is 0 Å². The number of aryl methyl sites for hydroxylation is 1. The number of aromatic nitrogens is 1. The van der Waals surface area contributed by atoms with Crippen molar-refractivity contribution in [1.82, 2.24) is 15.2 Å². The van der Waals surface area contributed by atoms with Crippen molar-refractivity contribution in [3.05, 3.63) is 76.8 Å². The number of halogens is 1. The molecule has 0 aliphatic rings. The Bertz CT molecular complexity index is 932. The molecule has 0 spiro atoms. The first-order valence-electron chi connectivity index (χ1n) is 10.3. The van der Waals surface area contributed by atoms with Gasteiger partial charge < -0.3 is 9.73 Å². The summed E-state index contributed by atoms with van der Waals surface area (Å²) < 4.78 is 5.75. The van der Waals surface area contributed by atoms with Crippen LogP contribution in [0.1, 0.15) is 37.3 Å². The number of benzene rings is 2. The second-order valence-corrected chi connectivity index (χ2v) is 7.62. The van der Waals surface area contributed by atoms with Gasteiger partial charge in [0.25, 0.3) is 0 Å². The summed E-state index contributed by atoms with van der Waals surface area (Å²) in [7, 11) is 0. The zero-order valence-electron chi connectivity index (χ0n) is 17.5. The highest BCUT2D eigenvalue weighted by molar-refractivity contribution is 6.30. The maximum Gasteiger partial charge on any atom is 0.220 e. The van der Waals surface area contributed by atoms with E-state index in [9.17, 15) is 4.79 Å². The smallest absolute Gasteiger partial charge is 0.220 e. The molecule has 0 aliphatic carbocycles. The summed E-state index contributed by atoms with van der Waals surface area (Å²) in [5, 5.41) is 3.64. The second-order valence-electron chi connectivity index (χ2n) is 7.18. The summed E-state index contributed by atoms with van der Waals surface area (Å²) in [6.45, 7) is 7.90. The van der Waals surface area contributed by atoms with Gasteiger partial charge in [0.2, 0.25) is 5.91 Å². The van der Waals surface area contributed by atoms with Gasteiger partial charge in [-0.15, -0.1) is 0 Å². The van der Waals surface area contributed by atoms with Gasteiger partial charge in [0, 0.05) is 36.5 Å². The highest BCUT2D eigenvalue weighted by Gasteiger charge is 2.09. The number of nitrogens with one attached hydrogen (secondary N) is 1. The predicted octanol–water partition coefficient (Wildman–Crippen LogP) is 5.09. The van der Waals surface area contributed by atoms with Gasteiger partial charge in [-0.05, 0) is 48.5 Å². The summed E-state index contributed by atoms with van der Waals surface area (Å²) in [5.74, 6) is 1.20. The highest BCUT2D eigenvalue weighted by atomic mass is 35.5. The molecular weight excluding hydrogens is 398 g/mol. The summed E-state index contributed by atoms with van der Waals surface area (Å²) in [6.07, 6.45) is 2.47. The Balaban J connectivity index is 1.43. The van der Waals surface area contributed by atoms with Crippen LogP contribution in [0, 0.1) is 0 Å². The van der Waals surface area contributed by atoms with Crippen LogP contribution < -0.4 is 5.32 Å². The Morgan fingerprint density at radius 2 is 1.70 bits per heavy atom. The number of hydrogen-bond acceptors (Lipinski definition) is 4. The maximum absolute atomic E-state index is 12.2. The van der Waals surface area contributed by atoms with Gasteiger partial charge in [-0.25, -0.2) is 4.98 Å². The maximum atomic E-state index is 12.2. The molecule has 0 saturated carbocycles. The zero-order chi connectivity index (χ0) is 21.3. The molecule has 3 aromatic rings. The molecule has 158 valence electrons. The quantitative estimate of drug-likeness (QED) is 0.491. The van der Waals surface area contributed by atoms with Gasteiger partial charge in [0.05, 0.1) is 6.20 Å². The van der Waals surface area contributed by atoms with Crippen LogP contribution in [0.5, 0.6) is 0 Å². The standard InChI is InChI=1S/C24H28ClN3O2/c1-3-28(4-2)17-19-7-5-18(6-8-19)15-26-23(29)13-14-24-27-16-22(30-24)20-9-11-21(25)12-10-20/h5-12,16H,3-4,13-15,17H2,1-2H3,(H,26,29). The fourth-order valence-electron chi connectivity index (χ4n) is 3.15. The van der Waals surface area contributed by atoms with Crippen molar-refractivity contribution < 1.29 is 9.21 Å². The average molecular weight is 426 g/mol. The Labute approximate surface area is 183 Å². The third-order valence-electron chi connectivity index (χ3n) is 5.06. The third kappa shape index (κ3) is 6.44. The summed E-state index contributed by atoms with van der Waals surface area (Å²) in [5.41, 5.74) is 3.29. The number of hydrogen-bond donors (Lipinski definition) is 1. The zero-order valence-corrected chi connectivity index (χ0v) is 18.3. The SMILES string of the molecule is CCN(CC)Cc1ccc(CNC(=O)CCc2ncc(-c3ccc(Cl)cc3)o2)cc1. The van der Waals surface area contributed by atoms with Crippen LogP contribution in [0.2, 0.25) is 5.02 Å². The highest BCUT2D eigenvalue weighted by Crippen LogP contribution is 2.22. The van der Waals surface area contributed by atoms with Crippen LogP contribution in [0.25, 0.3) is 11.3 Å². The number of amides is 1. The lowest BCUT2D eigenvalue weighted by Crippen LogP contribution is -2.23. The van der Waals surface area contributed by atoms with Crippen molar-refractivity contribution in [2.75, 3.05) is 13.1 Å². The molecule has 0 aliphatic heterocycles. The van der Waals surface area contributed by atoms with E-state index in [2.05, 4.69) is 53.3 Å². The van der Waals surface area contributed by atoms with Gasteiger partial charge in [0.15, 0.2) is 11.7 Å². The third-order valence-corrected chi connectivity index (χ3v) is 5.31. The van der Waals surface area contributed by atoms with Gasteiger partial charge in [-0.2, -0.15) is 0 Å². The van der Waals surface area contributed by atoms with E-state index >= 15 is 0 Å². The number of oxazole rings is 1. The average Bonchev–Trinajstić information content (AvgIpc) is 3.25. The summed E-state index contributed by atoms with van der Waals surface area (Å²) in [6, 6.07) is 15.8.